The fourth-order valence-electron chi connectivity index (χ4n) is 2.91. The lowest BCUT2D eigenvalue weighted by atomic mass is 9.94. The van der Waals surface area contributed by atoms with E-state index in [-0.39, 0.29) is 16.7 Å². The fourth-order valence-corrected chi connectivity index (χ4v) is 2.91. The Hall–Kier alpha value is -2.34. The van der Waals surface area contributed by atoms with Gasteiger partial charge in [-0.05, 0) is 31.5 Å². The van der Waals surface area contributed by atoms with E-state index in [1.54, 1.807) is 0 Å². The summed E-state index contributed by atoms with van der Waals surface area (Å²) in [5.41, 5.74) is 7.59. The van der Waals surface area contributed by atoms with Gasteiger partial charge in [-0.1, -0.05) is 33.8 Å². The second-order valence-electron chi connectivity index (χ2n) is 7.29. The second-order valence-corrected chi connectivity index (χ2v) is 7.29. The molecule has 2 rings (SSSR count). The summed E-state index contributed by atoms with van der Waals surface area (Å²) in [4.78, 5) is 16.1. The van der Waals surface area contributed by atoms with Crippen molar-refractivity contribution in [2.24, 2.45) is 5.41 Å². The third kappa shape index (κ3) is 4.43. The molecule has 142 valence electrons. The molecule has 6 nitrogen and oxygen atoms in total. The molecule has 0 fully saturated rings. The van der Waals surface area contributed by atoms with Gasteiger partial charge in [-0.2, -0.15) is 0 Å². The molecule has 0 saturated carbocycles. The highest BCUT2D eigenvalue weighted by Crippen LogP contribution is 2.34. The van der Waals surface area contributed by atoms with E-state index in [1.165, 1.54) is 0 Å². The van der Waals surface area contributed by atoms with E-state index < -0.39 is 5.97 Å². The van der Waals surface area contributed by atoms with Crippen molar-refractivity contribution in [1.82, 2.24) is 10.3 Å². The lowest BCUT2D eigenvalue weighted by Gasteiger charge is -2.26. The smallest absolute Gasteiger partial charge is 0.339 e. The number of nitrogens with two attached hydrogens (primary N) is 1. The van der Waals surface area contributed by atoms with Gasteiger partial charge in [0, 0.05) is 12.0 Å². The first-order valence-corrected chi connectivity index (χ1v) is 9.08. The Labute approximate surface area is 154 Å². The van der Waals surface area contributed by atoms with Crippen LogP contribution in [0.4, 0.5) is 5.69 Å². The van der Waals surface area contributed by atoms with Crippen LogP contribution in [0.5, 0.6) is 5.75 Å². The number of carboxylic acid groups (broad SMARTS) is 1. The summed E-state index contributed by atoms with van der Waals surface area (Å²) in [6.45, 7) is 10.5. The fraction of sp³-hybridized carbons (Fsp3) is 0.500. The number of pyridine rings is 1. The SMILES string of the molecule is CCCNCC(C)(C)COc1cccc2nc(CC)c(C(=O)O)c(N)c12. The Morgan fingerprint density at radius 2 is 2.08 bits per heavy atom. The number of fused-ring (bicyclic) bond motifs is 1. The number of nitrogen functional groups attached to an aromatic ring is 1. The minimum Gasteiger partial charge on any atom is -0.492 e. The van der Waals surface area contributed by atoms with Gasteiger partial charge in [-0.25, -0.2) is 4.79 Å². The molecule has 0 saturated heterocycles. The highest BCUT2D eigenvalue weighted by atomic mass is 16.5. The van der Waals surface area contributed by atoms with Crippen molar-refractivity contribution < 1.29 is 14.6 Å². The average Bonchev–Trinajstić information content (AvgIpc) is 2.59. The monoisotopic (exact) mass is 359 g/mol. The molecule has 0 amide bonds. The zero-order chi connectivity index (χ0) is 19.3. The highest BCUT2D eigenvalue weighted by Gasteiger charge is 2.22. The zero-order valence-electron chi connectivity index (χ0n) is 16.1. The quantitative estimate of drug-likeness (QED) is 0.593. The van der Waals surface area contributed by atoms with Crippen molar-refractivity contribution in [3.05, 3.63) is 29.5 Å². The van der Waals surface area contributed by atoms with Gasteiger partial charge in [-0.3, -0.25) is 4.98 Å². The first-order chi connectivity index (χ1) is 12.3. The van der Waals surface area contributed by atoms with Gasteiger partial charge in [0.2, 0.25) is 0 Å². The number of ether oxygens (including phenoxy) is 1. The van der Waals surface area contributed by atoms with Crippen molar-refractivity contribution in [3.63, 3.8) is 0 Å². The van der Waals surface area contributed by atoms with Gasteiger partial charge in [0.25, 0.3) is 0 Å². The molecule has 0 aliphatic rings. The maximum Gasteiger partial charge on any atom is 0.339 e. The molecule has 1 aromatic heterocycles. The van der Waals surface area contributed by atoms with Crippen LogP contribution in [-0.2, 0) is 6.42 Å². The molecular formula is C20H29N3O3. The molecule has 0 atom stereocenters. The number of rotatable bonds is 9. The molecule has 26 heavy (non-hydrogen) atoms. The van der Waals surface area contributed by atoms with Crippen LogP contribution >= 0.6 is 0 Å². The summed E-state index contributed by atoms with van der Waals surface area (Å²) in [6.07, 6.45) is 1.59. The van der Waals surface area contributed by atoms with E-state index in [2.05, 4.69) is 31.1 Å². The number of nitrogens with one attached hydrogen (secondary N) is 1. The number of hydrogen-bond acceptors (Lipinski definition) is 5. The molecule has 2 aromatic rings. The number of nitrogens with zero attached hydrogens (tertiary/aromatic N) is 1. The predicted octanol–water partition coefficient (Wildman–Crippen LogP) is 3.48. The topological polar surface area (TPSA) is 97.5 Å². The maximum atomic E-state index is 11.7. The Morgan fingerprint density at radius 3 is 2.69 bits per heavy atom. The predicted molar refractivity (Wildman–Crippen MR) is 105 cm³/mol. The van der Waals surface area contributed by atoms with E-state index in [0.717, 1.165) is 19.5 Å². The highest BCUT2D eigenvalue weighted by molar-refractivity contribution is 6.06. The summed E-state index contributed by atoms with van der Waals surface area (Å²) in [6, 6.07) is 5.50. The van der Waals surface area contributed by atoms with Gasteiger partial charge < -0.3 is 20.9 Å². The number of carboxylic acids is 1. The van der Waals surface area contributed by atoms with Crippen LogP contribution in [0.2, 0.25) is 0 Å². The zero-order valence-corrected chi connectivity index (χ0v) is 16.1. The van der Waals surface area contributed by atoms with E-state index in [9.17, 15) is 9.90 Å². The van der Waals surface area contributed by atoms with Gasteiger partial charge in [0.1, 0.15) is 11.3 Å². The molecule has 0 bridgehead atoms. The molecular weight excluding hydrogens is 330 g/mol. The summed E-state index contributed by atoms with van der Waals surface area (Å²) < 4.78 is 6.05. The van der Waals surface area contributed by atoms with Crippen LogP contribution in [0.25, 0.3) is 10.9 Å². The molecule has 0 radical (unpaired) electrons. The maximum absolute atomic E-state index is 11.7. The van der Waals surface area contributed by atoms with Crippen molar-refractivity contribution in [3.8, 4) is 5.75 Å². The number of anilines is 1. The van der Waals surface area contributed by atoms with Gasteiger partial charge in [0.05, 0.1) is 28.9 Å². The molecule has 0 aliphatic heterocycles. The Morgan fingerprint density at radius 1 is 1.35 bits per heavy atom. The number of benzene rings is 1. The van der Waals surface area contributed by atoms with E-state index in [4.69, 9.17) is 10.5 Å². The Kier molecular flexibility index (Phi) is 6.42. The van der Waals surface area contributed by atoms with E-state index >= 15 is 0 Å². The number of aromatic carboxylic acids is 1. The Balaban J connectivity index is 2.36. The van der Waals surface area contributed by atoms with E-state index in [0.29, 0.717) is 35.4 Å². The second kappa shape index (κ2) is 8.36. The van der Waals surface area contributed by atoms with Crippen LogP contribution in [0, 0.1) is 5.41 Å². The van der Waals surface area contributed by atoms with Gasteiger partial charge in [0.15, 0.2) is 0 Å². The minimum absolute atomic E-state index is 0.0694. The van der Waals surface area contributed by atoms with Crippen LogP contribution in [-0.4, -0.2) is 35.8 Å². The summed E-state index contributed by atoms with van der Waals surface area (Å²) in [5.74, 6) is -0.492. The van der Waals surface area contributed by atoms with E-state index in [1.807, 2.05) is 25.1 Å². The standard InChI is InChI=1S/C20H29N3O3/c1-5-10-22-11-20(3,4)12-26-15-9-7-8-14-16(15)18(21)17(19(24)25)13(6-2)23-14/h7-9,22H,5-6,10-12H2,1-4H3,(H2,21,23)(H,24,25). The van der Waals surface area contributed by atoms with Gasteiger partial charge in [-0.15, -0.1) is 0 Å². The lowest BCUT2D eigenvalue weighted by molar-refractivity contribution is 0.0696. The van der Waals surface area contributed by atoms with Crippen LogP contribution < -0.4 is 15.8 Å². The molecule has 1 aromatic carbocycles. The lowest BCUT2D eigenvalue weighted by Crippen LogP contribution is -2.34. The first kappa shape index (κ1) is 20.0. The molecule has 1 heterocycles. The minimum atomic E-state index is -1.06. The average molecular weight is 359 g/mol. The third-order valence-electron chi connectivity index (χ3n) is 4.28. The molecule has 6 heteroatoms. The third-order valence-corrected chi connectivity index (χ3v) is 4.28. The molecule has 0 spiro atoms. The van der Waals surface area contributed by atoms with Crippen molar-refractivity contribution in [2.45, 2.75) is 40.5 Å². The summed E-state index contributed by atoms with van der Waals surface area (Å²) in [7, 11) is 0. The number of aromatic nitrogens is 1. The number of aryl methyl sites for hydroxylation is 1. The number of carbonyl (C=O) groups is 1. The largest absolute Gasteiger partial charge is 0.492 e. The van der Waals surface area contributed by atoms with Crippen molar-refractivity contribution >= 4 is 22.6 Å². The normalized spacial score (nSPS) is 11.7. The van der Waals surface area contributed by atoms with Crippen molar-refractivity contribution in [1.29, 1.82) is 0 Å². The summed E-state index contributed by atoms with van der Waals surface area (Å²) in [5, 5.41) is 13.5. The molecule has 0 aliphatic carbocycles. The number of hydrogen-bond donors (Lipinski definition) is 3. The molecule has 0 unspecified atom stereocenters. The Bertz CT molecular complexity index is 787. The summed E-state index contributed by atoms with van der Waals surface area (Å²) >= 11 is 0. The first-order valence-electron chi connectivity index (χ1n) is 9.08. The molecule has 4 N–H and O–H groups in total. The van der Waals surface area contributed by atoms with Crippen molar-refractivity contribution in [2.75, 3.05) is 25.4 Å². The van der Waals surface area contributed by atoms with Crippen LogP contribution in [0.1, 0.15) is 50.2 Å². The van der Waals surface area contributed by atoms with Gasteiger partial charge >= 0.3 is 5.97 Å². The van der Waals surface area contributed by atoms with Crippen LogP contribution in [0.15, 0.2) is 18.2 Å². The van der Waals surface area contributed by atoms with Crippen LogP contribution in [0.3, 0.4) is 0 Å².